The number of anilines is 1. The summed E-state index contributed by atoms with van der Waals surface area (Å²) in [4.78, 5) is 36.0. The number of amides is 2. The van der Waals surface area contributed by atoms with Crippen LogP contribution in [-0.2, 0) is 4.79 Å². The second kappa shape index (κ2) is 12.5. The fourth-order valence-corrected chi connectivity index (χ4v) is 3.03. The molecule has 0 aliphatic carbocycles. The molecule has 0 radical (unpaired) electrons. The van der Waals surface area contributed by atoms with Gasteiger partial charge in [-0.25, -0.2) is 9.79 Å². The molecule has 1 N–H and O–H groups in total. The summed E-state index contributed by atoms with van der Waals surface area (Å²) in [6, 6.07) is 5.09. The predicted molar refractivity (Wildman–Crippen MR) is 122 cm³/mol. The highest BCUT2D eigenvalue weighted by atomic mass is 32.2. The summed E-state index contributed by atoms with van der Waals surface area (Å²) in [6.45, 7) is 5.63. The lowest BCUT2D eigenvalue weighted by Gasteiger charge is -2.09. The van der Waals surface area contributed by atoms with E-state index in [1.54, 1.807) is 20.0 Å². The number of thioether (sulfide) groups is 1. The molecule has 6 nitrogen and oxygen atoms in total. The Hall–Kier alpha value is -1.85. The van der Waals surface area contributed by atoms with E-state index in [-0.39, 0.29) is 5.78 Å². The fourth-order valence-electron chi connectivity index (χ4n) is 1.96. The number of nitrogens with zero attached hydrogens (tertiary/aromatic N) is 3. The molecule has 1 unspecified atom stereocenters. The smallest absolute Gasteiger partial charge is 0.305 e. The number of hydrogen-bond donors (Lipinski definition) is 1. The molecule has 8 heteroatoms. The van der Waals surface area contributed by atoms with Gasteiger partial charge in [0.05, 0.1) is 10.8 Å². The molecule has 0 heterocycles. The van der Waals surface area contributed by atoms with E-state index in [2.05, 4.69) is 36.5 Å². The van der Waals surface area contributed by atoms with Crippen molar-refractivity contribution in [3.05, 3.63) is 23.8 Å². The second-order valence-electron chi connectivity index (χ2n) is 5.69. The van der Waals surface area contributed by atoms with Crippen LogP contribution in [0.15, 0.2) is 33.2 Å². The minimum atomic E-state index is -0.467. The molecule has 0 spiro atoms. The van der Waals surface area contributed by atoms with E-state index in [1.807, 2.05) is 25.3 Å². The van der Waals surface area contributed by atoms with Gasteiger partial charge in [0, 0.05) is 30.9 Å². The number of carbonyl (C=O) groups is 2. The maximum Gasteiger partial charge on any atom is 0.346 e. The molecule has 0 fully saturated rings. The summed E-state index contributed by atoms with van der Waals surface area (Å²) in [5, 5.41) is 4.13. The van der Waals surface area contributed by atoms with Crippen LogP contribution in [0.3, 0.4) is 0 Å². The fraction of sp³-hybridized carbons (Fsp3) is 0.421. The van der Waals surface area contributed by atoms with Gasteiger partial charge in [0.25, 0.3) is 0 Å². The molecule has 27 heavy (non-hydrogen) atoms. The van der Waals surface area contributed by atoms with E-state index in [0.29, 0.717) is 28.7 Å². The number of ketones is 1. The van der Waals surface area contributed by atoms with E-state index in [9.17, 15) is 9.59 Å². The minimum Gasteiger partial charge on any atom is -0.305 e. The van der Waals surface area contributed by atoms with Crippen LogP contribution in [0.1, 0.15) is 45.6 Å². The number of rotatable bonds is 7. The molecule has 0 saturated carbocycles. The zero-order chi connectivity index (χ0) is 20.2. The summed E-state index contributed by atoms with van der Waals surface area (Å²) in [5.41, 5.74) is 1.52. The number of nitrogens with one attached hydrogen (secondary N) is 1. The highest BCUT2D eigenvalue weighted by molar-refractivity contribution is 8.14. The number of hydrogen-bond acceptors (Lipinski definition) is 4. The highest BCUT2D eigenvalue weighted by Gasteiger charge is 2.08. The number of Topliss-reactive ketones (excluding diaryl/α,β-unsaturated/α-hetero) is 1. The normalized spacial score (nSPS) is 12.5. The van der Waals surface area contributed by atoms with Crippen LogP contribution in [0.4, 0.5) is 10.5 Å². The molecule has 0 aliphatic heterocycles. The van der Waals surface area contributed by atoms with Crippen LogP contribution < -0.4 is 10.6 Å². The maximum atomic E-state index is 12.1. The van der Waals surface area contributed by atoms with Crippen molar-refractivity contribution in [2.24, 2.45) is 15.0 Å². The number of carbonyl (C=O) groups excluding carboxylic acids is 2. The van der Waals surface area contributed by atoms with Gasteiger partial charge >= 0.3 is 6.03 Å². The summed E-state index contributed by atoms with van der Waals surface area (Å²) < 4.78 is 0. The largest absolute Gasteiger partial charge is 0.346 e. The third-order valence-electron chi connectivity index (χ3n) is 3.49. The monoisotopic (exact) mass is 406 g/mol. The number of urea groups is 1. The third kappa shape index (κ3) is 8.59. The molecule has 1 atom stereocenters. The third-order valence-corrected chi connectivity index (χ3v) is 4.94. The first-order valence-electron chi connectivity index (χ1n) is 8.81. The maximum absolute atomic E-state index is 12.1. The average molecular weight is 406 g/mol. The Labute approximate surface area is 167 Å². The summed E-state index contributed by atoms with van der Waals surface area (Å²) >= 11 is 1.27. The molecule has 1 rings (SSSR count). The summed E-state index contributed by atoms with van der Waals surface area (Å²) in [7, 11) is 4.30. The molecular weight excluding hydrogens is 379 g/mol. The SMILES string of the molecule is CCC/C=N\C(=N/C)c1ccc(NC(=O)/N=C(/C)SCC(=O)CC)c(P)c1. The molecule has 146 valence electrons. The Morgan fingerprint density at radius 2 is 2.04 bits per heavy atom. The van der Waals surface area contributed by atoms with Crippen molar-refractivity contribution in [3.63, 3.8) is 0 Å². The van der Waals surface area contributed by atoms with Crippen LogP contribution in [-0.4, -0.2) is 41.7 Å². The number of aliphatic imine (C=N–C) groups is 3. The van der Waals surface area contributed by atoms with Crippen molar-refractivity contribution in [2.45, 2.75) is 40.0 Å². The summed E-state index contributed by atoms with van der Waals surface area (Å²) in [5.74, 6) is 1.11. The van der Waals surface area contributed by atoms with E-state index >= 15 is 0 Å². The van der Waals surface area contributed by atoms with Crippen LogP contribution in [0.25, 0.3) is 0 Å². The minimum absolute atomic E-state index is 0.132. The lowest BCUT2D eigenvalue weighted by Crippen LogP contribution is -2.14. The van der Waals surface area contributed by atoms with Gasteiger partial charge in [-0.2, -0.15) is 4.99 Å². The number of benzene rings is 1. The molecule has 0 aliphatic rings. The van der Waals surface area contributed by atoms with Gasteiger partial charge < -0.3 is 5.32 Å². The number of amidine groups is 1. The second-order valence-corrected chi connectivity index (χ2v) is 7.48. The Morgan fingerprint density at radius 3 is 2.63 bits per heavy atom. The van der Waals surface area contributed by atoms with Gasteiger partial charge in [-0.3, -0.25) is 9.79 Å². The van der Waals surface area contributed by atoms with Crippen LogP contribution in [0.2, 0.25) is 0 Å². The molecule has 1 aromatic rings. The van der Waals surface area contributed by atoms with Crippen molar-refractivity contribution in [1.82, 2.24) is 0 Å². The quantitative estimate of drug-likeness (QED) is 0.420. The van der Waals surface area contributed by atoms with E-state index in [1.165, 1.54) is 11.8 Å². The Bertz CT molecular complexity index is 760. The zero-order valence-electron chi connectivity index (χ0n) is 16.3. The Kier molecular flexibility index (Phi) is 10.8. The van der Waals surface area contributed by atoms with Crippen molar-refractivity contribution in [2.75, 3.05) is 18.1 Å². The summed E-state index contributed by atoms with van der Waals surface area (Å²) in [6.07, 6.45) is 4.28. The van der Waals surface area contributed by atoms with Crippen LogP contribution >= 0.6 is 21.0 Å². The van der Waals surface area contributed by atoms with E-state index < -0.39 is 6.03 Å². The van der Waals surface area contributed by atoms with E-state index in [0.717, 1.165) is 23.7 Å². The molecule has 0 saturated heterocycles. The first-order chi connectivity index (χ1) is 12.9. The van der Waals surface area contributed by atoms with Crippen molar-refractivity contribution in [1.29, 1.82) is 0 Å². The zero-order valence-corrected chi connectivity index (χ0v) is 18.3. The van der Waals surface area contributed by atoms with Gasteiger partial charge in [-0.15, -0.1) is 21.0 Å². The van der Waals surface area contributed by atoms with Crippen molar-refractivity contribution >= 4 is 60.9 Å². The Morgan fingerprint density at radius 1 is 1.30 bits per heavy atom. The molecule has 0 bridgehead atoms. The first kappa shape index (κ1) is 23.2. The van der Waals surface area contributed by atoms with Crippen LogP contribution in [0.5, 0.6) is 0 Å². The van der Waals surface area contributed by atoms with Gasteiger partial charge in [-0.1, -0.05) is 20.3 Å². The molecule has 2 amide bonds. The van der Waals surface area contributed by atoms with Crippen LogP contribution in [0, 0.1) is 0 Å². The van der Waals surface area contributed by atoms with Gasteiger partial charge in [0.2, 0.25) is 0 Å². The molecule has 1 aromatic carbocycles. The Balaban J connectivity index is 2.79. The van der Waals surface area contributed by atoms with Crippen molar-refractivity contribution in [3.8, 4) is 0 Å². The molecule has 0 aromatic heterocycles. The number of unbranched alkanes of at least 4 members (excludes halogenated alkanes) is 1. The lowest BCUT2D eigenvalue weighted by molar-refractivity contribution is -0.116. The van der Waals surface area contributed by atoms with Crippen molar-refractivity contribution < 1.29 is 9.59 Å². The predicted octanol–water partition coefficient (Wildman–Crippen LogP) is 4.10. The first-order valence-corrected chi connectivity index (χ1v) is 10.4. The van der Waals surface area contributed by atoms with Gasteiger partial charge in [-0.05, 0) is 36.8 Å². The lowest BCUT2D eigenvalue weighted by atomic mass is 10.2. The van der Waals surface area contributed by atoms with E-state index in [4.69, 9.17) is 0 Å². The standard InChI is InChI=1S/C19H27N4O2PS/c1-5-7-10-21-18(20-4)14-8-9-16(17(26)11-14)23-19(25)22-13(3)27-12-15(24)6-2/h8-11H,5-7,12,26H2,1-4H3,(H,23,25)/b20-18-,21-10-,22-13-. The molecular formula is C19H27N4O2PS. The average Bonchev–Trinajstić information content (AvgIpc) is 2.65. The van der Waals surface area contributed by atoms with Gasteiger partial charge in [0.1, 0.15) is 5.78 Å². The topological polar surface area (TPSA) is 83.2 Å². The highest BCUT2D eigenvalue weighted by Crippen LogP contribution is 2.13. The van der Waals surface area contributed by atoms with Gasteiger partial charge in [0.15, 0.2) is 5.84 Å².